The van der Waals surface area contributed by atoms with Gasteiger partial charge in [-0.15, -0.1) is 11.3 Å². The van der Waals surface area contributed by atoms with Gasteiger partial charge >= 0.3 is 5.97 Å². The number of rotatable bonds is 5. The van der Waals surface area contributed by atoms with Crippen LogP contribution in [0, 0.1) is 0 Å². The number of hydrogen-bond acceptors (Lipinski definition) is 4. The molecule has 1 aromatic carbocycles. The Morgan fingerprint density at radius 1 is 1.19 bits per heavy atom. The first-order chi connectivity index (χ1) is 9.83. The summed E-state index contributed by atoms with van der Waals surface area (Å²) < 4.78 is 26.8. The van der Waals surface area contributed by atoms with Crippen molar-refractivity contribution in [3.63, 3.8) is 0 Å². The van der Waals surface area contributed by atoms with Crippen LogP contribution in [-0.2, 0) is 14.8 Å². The minimum Gasteiger partial charge on any atom is -0.480 e. The average Bonchev–Trinajstić information content (AvgIpc) is 2.88. The number of carboxylic acid groups (broad SMARTS) is 1. The lowest BCUT2D eigenvalue weighted by atomic mass is 10.3. The van der Waals surface area contributed by atoms with Gasteiger partial charge in [0.25, 0.3) is 0 Å². The number of aliphatic carboxylic acids is 1. The number of carbonyl (C=O) groups is 1. The molecule has 1 atom stereocenters. The molecule has 9 heteroatoms. The van der Waals surface area contributed by atoms with Crippen molar-refractivity contribution >= 4 is 50.5 Å². The van der Waals surface area contributed by atoms with Gasteiger partial charge in [-0.25, -0.2) is 8.42 Å². The summed E-state index contributed by atoms with van der Waals surface area (Å²) in [6.07, 6.45) is 0. The quantitative estimate of drug-likeness (QED) is 0.852. The highest BCUT2D eigenvalue weighted by atomic mass is 35.5. The number of thiophene rings is 1. The van der Waals surface area contributed by atoms with Crippen LogP contribution in [0.25, 0.3) is 0 Å². The third-order valence-corrected chi connectivity index (χ3v) is 5.85. The molecule has 1 aromatic heterocycles. The van der Waals surface area contributed by atoms with Crippen molar-refractivity contribution in [2.45, 2.75) is 10.9 Å². The smallest absolute Gasteiger partial charge is 0.327 e. The van der Waals surface area contributed by atoms with Crippen LogP contribution < -0.4 is 4.72 Å². The minimum absolute atomic E-state index is 0.0784. The van der Waals surface area contributed by atoms with Crippen LogP contribution in [-0.4, -0.2) is 19.5 Å². The Balaban J connectivity index is 2.43. The van der Waals surface area contributed by atoms with Crippen LogP contribution in [0.5, 0.6) is 0 Å². The molecule has 2 N–H and O–H groups in total. The molecule has 2 rings (SSSR count). The topological polar surface area (TPSA) is 83.5 Å². The van der Waals surface area contributed by atoms with Crippen molar-refractivity contribution in [2.24, 2.45) is 0 Å². The first kappa shape index (κ1) is 16.3. The summed E-state index contributed by atoms with van der Waals surface area (Å²) in [4.78, 5) is 11.3. The summed E-state index contributed by atoms with van der Waals surface area (Å²) in [6, 6.07) is 5.98. The highest BCUT2D eigenvalue weighted by Crippen LogP contribution is 2.30. The maximum absolute atomic E-state index is 12.3. The molecule has 0 amide bonds. The molecular weight excluding hydrogens is 357 g/mol. The maximum Gasteiger partial charge on any atom is 0.327 e. The van der Waals surface area contributed by atoms with E-state index in [0.717, 1.165) is 11.3 Å². The summed E-state index contributed by atoms with van der Waals surface area (Å²) in [5, 5.41) is 10.7. The fourth-order valence-electron chi connectivity index (χ4n) is 1.64. The third kappa shape index (κ3) is 3.56. The standard InChI is InChI=1S/C12H9Cl2NO4S2/c13-7-3-1-4-8(14)11(7)21(18,19)15-10(12(16)17)9-5-2-6-20-9/h1-6,10,15H,(H,16,17). The fourth-order valence-corrected chi connectivity index (χ4v) is 4.79. The zero-order chi connectivity index (χ0) is 15.6. The molecule has 0 spiro atoms. The molecule has 5 nitrogen and oxygen atoms in total. The van der Waals surface area contributed by atoms with Gasteiger partial charge in [0.2, 0.25) is 10.0 Å². The van der Waals surface area contributed by atoms with Crippen molar-refractivity contribution in [3.8, 4) is 0 Å². The summed E-state index contributed by atoms with van der Waals surface area (Å²) >= 11 is 12.8. The molecule has 0 aliphatic carbocycles. The predicted molar refractivity (Wildman–Crippen MR) is 81.5 cm³/mol. The summed E-state index contributed by atoms with van der Waals surface area (Å²) in [5.74, 6) is -1.32. The molecule has 1 heterocycles. The molecule has 0 fully saturated rings. The molecule has 0 saturated heterocycles. The second-order valence-electron chi connectivity index (χ2n) is 3.96. The minimum atomic E-state index is -4.18. The molecule has 1 unspecified atom stereocenters. The molecular formula is C12H9Cl2NO4S2. The predicted octanol–water partition coefficient (Wildman–Crippen LogP) is 3.16. The zero-order valence-corrected chi connectivity index (χ0v) is 13.4. The van der Waals surface area contributed by atoms with Crippen LogP contribution >= 0.6 is 34.5 Å². The van der Waals surface area contributed by atoms with Crippen molar-refractivity contribution in [1.82, 2.24) is 4.72 Å². The number of sulfonamides is 1. The number of hydrogen-bond donors (Lipinski definition) is 2. The Bertz CT molecular complexity index is 739. The highest BCUT2D eigenvalue weighted by molar-refractivity contribution is 7.89. The van der Waals surface area contributed by atoms with Gasteiger partial charge in [0.15, 0.2) is 6.04 Å². The van der Waals surface area contributed by atoms with E-state index in [0.29, 0.717) is 4.88 Å². The van der Waals surface area contributed by atoms with Crippen molar-refractivity contribution in [1.29, 1.82) is 0 Å². The summed E-state index contributed by atoms with van der Waals surface area (Å²) in [5.41, 5.74) is 0. The first-order valence-corrected chi connectivity index (χ1v) is 8.67. The lowest BCUT2D eigenvalue weighted by Gasteiger charge is -2.15. The molecule has 2 aromatic rings. The summed E-state index contributed by atoms with van der Waals surface area (Å²) in [6.45, 7) is 0. The van der Waals surface area contributed by atoms with Gasteiger partial charge in [-0.3, -0.25) is 4.79 Å². The van der Waals surface area contributed by atoms with Gasteiger partial charge < -0.3 is 5.11 Å². The molecule has 0 saturated carbocycles. The van der Waals surface area contributed by atoms with E-state index >= 15 is 0 Å². The lowest BCUT2D eigenvalue weighted by molar-refractivity contribution is -0.139. The second-order valence-corrected chi connectivity index (χ2v) is 7.40. The van der Waals surface area contributed by atoms with Crippen LogP contribution in [0.3, 0.4) is 0 Å². The molecule has 0 aliphatic heterocycles. The van der Waals surface area contributed by atoms with E-state index in [9.17, 15) is 18.3 Å². The SMILES string of the molecule is O=C(O)C(NS(=O)(=O)c1c(Cl)cccc1Cl)c1cccs1. The fraction of sp³-hybridized carbons (Fsp3) is 0.0833. The van der Waals surface area contributed by atoms with E-state index < -0.39 is 22.0 Å². The van der Waals surface area contributed by atoms with Crippen LogP contribution in [0.15, 0.2) is 40.6 Å². The zero-order valence-electron chi connectivity index (χ0n) is 10.3. The average molecular weight is 366 g/mol. The Kier molecular flexibility index (Phi) is 4.90. The molecule has 21 heavy (non-hydrogen) atoms. The Morgan fingerprint density at radius 3 is 2.29 bits per heavy atom. The Hall–Kier alpha value is -1.12. The highest BCUT2D eigenvalue weighted by Gasteiger charge is 2.30. The van der Waals surface area contributed by atoms with E-state index in [1.807, 2.05) is 0 Å². The van der Waals surface area contributed by atoms with Crippen LogP contribution in [0.2, 0.25) is 10.0 Å². The Morgan fingerprint density at radius 2 is 1.81 bits per heavy atom. The maximum atomic E-state index is 12.3. The molecule has 0 bridgehead atoms. The van der Waals surface area contributed by atoms with Gasteiger partial charge in [0.1, 0.15) is 4.90 Å². The van der Waals surface area contributed by atoms with E-state index in [1.54, 1.807) is 11.4 Å². The largest absolute Gasteiger partial charge is 0.480 e. The van der Waals surface area contributed by atoms with E-state index in [-0.39, 0.29) is 14.9 Å². The van der Waals surface area contributed by atoms with Gasteiger partial charge in [0.05, 0.1) is 10.0 Å². The van der Waals surface area contributed by atoms with Crippen molar-refractivity contribution in [2.75, 3.05) is 0 Å². The van der Waals surface area contributed by atoms with E-state index in [2.05, 4.69) is 4.72 Å². The van der Waals surface area contributed by atoms with Gasteiger partial charge in [0, 0.05) is 4.88 Å². The normalized spacial score (nSPS) is 13.0. The molecule has 0 aliphatic rings. The number of nitrogens with one attached hydrogen (secondary N) is 1. The van der Waals surface area contributed by atoms with Gasteiger partial charge in [-0.05, 0) is 23.6 Å². The first-order valence-electron chi connectivity index (χ1n) is 5.55. The lowest BCUT2D eigenvalue weighted by Crippen LogP contribution is -2.33. The number of halogens is 2. The number of carboxylic acids is 1. The summed E-state index contributed by atoms with van der Waals surface area (Å²) in [7, 11) is -4.18. The van der Waals surface area contributed by atoms with Gasteiger partial charge in [-0.1, -0.05) is 35.3 Å². The van der Waals surface area contributed by atoms with Crippen LogP contribution in [0.4, 0.5) is 0 Å². The van der Waals surface area contributed by atoms with Crippen molar-refractivity contribution < 1.29 is 18.3 Å². The second kappa shape index (κ2) is 6.33. The Labute approximate surface area is 135 Å². The van der Waals surface area contributed by atoms with Crippen LogP contribution in [0.1, 0.15) is 10.9 Å². The van der Waals surface area contributed by atoms with Gasteiger partial charge in [-0.2, -0.15) is 4.72 Å². The van der Waals surface area contributed by atoms with Crippen molar-refractivity contribution in [3.05, 3.63) is 50.6 Å². The van der Waals surface area contributed by atoms with E-state index in [1.165, 1.54) is 24.3 Å². The number of benzene rings is 1. The monoisotopic (exact) mass is 365 g/mol. The molecule has 0 radical (unpaired) electrons. The third-order valence-electron chi connectivity index (χ3n) is 2.54. The molecule has 112 valence electrons. The van der Waals surface area contributed by atoms with E-state index in [4.69, 9.17) is 23.2 Å².